The Morgan fingerprint density at radius 3 is 2.53 bits per heavy atom. The molecule has 0 aliphatic heterocycles. The number of hydrogen-bond donors (Lipinski definition) is 1. The van der Waals surface area contributed by atoms with Crippen molar-refractivity contribution in [1.82, 2.24) is 14.9 Å². The van der Waals surface area contributed by atoms with Crippen molar-refractivity contribution in [2.75, 3.05) is 13.2 Å². The lowest BCUT2D eigenvalue weighted by molar-refractivity contribution is 0.0952. The fourth-order valence-corrected chi connectivity index (χ4v) is 3.87. The molecule has 5 heteroatoms. The van der Waals surface area contributed by atoms with E-state index in [0.717, 1.165) is 59.5 Å². The number of fused-ring (bicyclic) bond motifs is 1. The average Bonchev–Trinajstić information content (AvgIpc) is 3.18. The Kier molecular flexibility index (Phi) is 7.18. The number of imidazole rings is 1. The van der Waals surface area contributed by atoms with E-state index in [9.17, 15) is 4.79 Å². The van der Waals surface area contributed by atoms with Crippen molar-refractivity contribution < 1.29 is 9.53 Å². The molecule has 4 aromatic rings. The topological polar surface area (TPSA) is 56.2 Å². The minimum atomic E-state index is -0.0188. The minimum Gasteiger partial charge on any atom is -0.494 e. The number of rotatable bonds is 10. The number of aromatic nitrogens is 2. The molecule has 1 amide bonds. The highest BCUT2D eigenvalue weighted by atomic mass is 16.5. The maximum Gasteiger partial charge on any atom is 0.251 e. The largest absolute Gasteiger partial charge is 0.494 e. The summed E-state index contributed by atoms with van der Waals surface area (Å²) in [4.78, 5) is 17.3. The molecule has 4 rings (SSSR count). The molecule has 0 aliphatic rings. The fourth-order valence-electron chi connectivity index (χ4n) is 3.87. The van der Waals surface area contributed by atoms with Gasteiger partial charge in [-0.15, -0.1) is 0 Å². The van der Waals surface area contributed by atoms with E-state index in [2.05, 4.69) is 22.0 Å². The summed E-state index contributed by atoms with van der Waals surface area (Å²) in [5.74, 6) is 1.93. The highest BCUT2D eigenvalue weighted by Crippen LogP contribution is 2.18. The second kappa shape index (κ2) is 10.6. The molecule has 0 unspecified atom stereocenters. The van der Waals surface area contributed by atoms with Crippen LogP contribution in [-0.2, 0) is 13.0 Å². The summed E-state index contributed by atoms with van der Waals surface area (Å²) in [5, 5.41) is 3.04. The van der Waals surface area contributed by atoms with Crippen LogP contribution in [0.1, 0.15) is 34.6 Å². The van der Waals surface area contributed by atoms with Gasteiger partial charge in [-0.05, 0) is 55.7 Å². The second-order valence-corrected chi connectivity index (χ2v) is 7.86. The number of ether oxygens (including phenoxy) is 1. The Morgan fingerprint density at radius 2 is 1.69 bits per heavy atom. The van der Waals surface area contributed by atoms with Crippen molar-refractivity contribution in [2.24, 2.45) is 0 Å². The van der Waals surface area contributed by atoms with Gasteiger partial charge in [0.15, 0.2) is 0 Å². The first kappa shape index (κ1) is 21.6. The molecule has 0 saturated heterocycles. The Hall–Kier alpha value is -3.60. The zero-order valence-electron chi connectivity index (χ0n) is 18.5. The number of hydrogen-bond acceptors (Lipinski definition) is 3. The number of carbonyl (C=O) groups is 1. The monoisotopic (exact) mass is 427 g/mol. The van der Waals surface area contributed by atoms with Gasteiger partial charge in [-0.2, -0.15) is 0 Å². The van der Waals surface area contributed by atoms with Gasteiger partial charge in [0.25, 0.3) is 5.91 Å². The van der Waals surface area contributed by atoms with E-state index in [4.69, 9.17) is 9.72 Å². The molecule has 0 saturated carbocycles. The number of para-hydroxylation sites is 3. The number of nitrogens with one attached hydrogen (secondary N) is 1. The summed E-state index contributed by atoms with van der Waals surface area (Å²) in [6, 6.07) is 25.8. The molecule has 0 fully saturated rings. The molecule has 0 aliphatic carbocycles. The zero-order chi connectivity index (χ0) is 22.2. The molecular weight excluding hydrogens is 398 g/mol. The molecule has 32 heavy (non-hydrogen) atoms. The third kappa shape index (κ3) is 5.35. The molecule has 0 bridgehead atoms. The van der Waals surface area contributed by atoms with Crippen LogP contribution in [0.5, 0.6) is 5.75 Å². The third-order valence-corrected chi connectivity index (χ3v) is 5.52. The van der Waals surface area contributed by atoms with Gasteiger partial charge in [-0.1, -0.05) is 48.5 Å². The predicted molar refractivity (Wildman–Crippen MR) is 128 cm³/mol. The van der Waals surface area contributed by atoms with Crippen molar-refractivity contribution in [3.05, 3.63) is 95.8 Å². The van der Waals surface area contributed by atoms with E-state index >= 15 is 0 Å². The maximum absolute atomic E-state index is 12.4. The molecule has 5 nitrogen and oxygen atoms in total. The van der Waals surface area contributed by atoms with Gasteiger partial charge in [0.05, 0.1) is 17.6 Å². The van der Waals surface area contributed by atoms with Crippen molar-refractivity contribution >= 4 is 16.9 Å². The Balaban J connectivity index is 1.33. The maximum atomic E-state index is 12.4. The number of benzene rings is 3. The van der Waals surface area contributed by atoms with E-state index in [1.165, 1.54) is 0 Å². The van der Waals surface area contributed by atoms with Gasteiger partial charge in [0, 0.05) is 25.1 Å². The van der Waals surface area contributed by atoms with Gasteiger partial charge >= 0.3 is 0 Å². The second-order valence-electron chi connectivity index (χ2n) is 7.86. The van der Waals surface area contributed by atoms with E-state index in [1.54, 1.807) is 0 Å². The Bertz CT molecular complexity index is 1170. The predicted octanol–water partition coefficient (Wildman–Crippen LogP) is 5.18. The minimum absolute atomic E-state index is 0.0188. The van der Waals surface area contributed by atoms with Crippen molar-refractivity contribution in [2.45, 2.75) is 32.7 Å². The summed E-state index contributed by atoms with van der Waals surface area (Å²) < 4.78 is 8.14. The lowest BCUT2D eigenvalue weighted by Gasteiger charge is -2.11. The molecule has 3 aromatic carbocycles. The Labute approximate surface area is 189 Å². The number of carbonyl (C=O) groups excluding carboxylic acids is 1. The molecule has 0 spiro atoms. The smallest absolute Gasteiger partial charge is 0.251 e. The lowest BCUT2D eigenvalue weighted by Crippen LogP contribution is -2.25. The van der Waals surface area contributed by atoms with E-state index < -0.39 is 0 Å². The van der Waals surface area contributed by atoms with Crippen LogP contribution in [0, 0.1) is 6.92 Å². The highest BCUT2D eigenvalue weighted by molar-refractivity contribution is 5.95. The Morgan fingerprint density at radius 1 is 0.938 bits per heavy atom. The third-order valence-electron chi connectivity index (χ3n) is 5.52. The first-order valence-electron chi connectivity index (χ1n) is 11.2. The van der Waals surface area contributed by atoms with E-state index in [0.29, 0.717) is 13.2 Å². The average molecular weight is 428 g/mol. The summed E-state index contributed by atoms with van der Waals surface area (Å²) >= 11 is 0. The van der Waals surface area contributed by atoms with Gasteiger partial charge in [-0.25, -0.2) is 4.98 Å². The van der Waals surface area contributed by atoms with Crippen LogP contribution in [0.25, 0.3) is 11.0 Å². The lowest BCUT2D eigenvalue weighted by atomic mass is 10.1. The quantitative estimate of drug-likeness (QED) is 0.355. The molecule has 1 aromatic heterocycles. The van der Waals surface area contributed by atoms with Crippen LogP contribution < -0.4 is 10.1 Å². The van der Waals surface area contributed by atoms with Crippen LogP contribution in [0.4, 0.5) is 0 Å². The van der Waals surface area contributed by atoms with Crippen LogP contribution in [0.2, 0.25) is 0 Å². The van der Waals surface area contributed by atoms with Gasteiger partial charge in [0.1, 0.15) is 11.6 Å². The molecule has 0 atom stereocenters. The molecular formula is C27H29N3O2. The van der Waals surface area contributed by atoms with E-state index in [-0.39, 0.29) is 5.91 Å². The van der Waals surface area contributed by atoms with Gasteiger partial charge < -0.3 is 14.6 Å². The van der Waals surface area contributed by atoms with Gasteiger partial charge in [0.2, 0.25) is 0 Å². The number of nitrogens with zero attached hydrogens (tertiary/aromatic N) is 2. The first-order valence-corrected chi connectivity index (χ1v) is 11.2. The molecule has 1 N–H and O–H groups in total. The van der Waals surface area contributed by atoms with Crippen LogP contribution in [0.3, 0.4) is 0 Å². The number of aryl methyl sites for hydroxylation is 3. The normalized spacial score (nSPS) is 10.9. The first-order chi connectivity index (χ1) is 15.7. The summed E-state index contributed by atoms with van der Waals surface area (Å²) in [6.07, 6.45) is 2.54. The summed E-state index contributed by atoms with van der Waals surface area (Å²) in [5.41, 5.74) is 3.88. The molecule has 164 valence electrons. The van der Waals surface area contributed by atoms with Crippen LogP contribution >= 0.6 is 0 Å². The van der Waals surface area contributed by atoms with Gasteiger partial charge in [-0.3, -0.25) is 4.79 Å². The van der Waals surface area contributed by atoms with Crippen molar-refractivity contribution in [3.8, 4) is 5.75 Å². The molecule has 0 radical (unpaired) electrons. The highest BCUT2D eigenvalue weighted by Gasteiger charge is 2.11. The van der Waals surface area contributed by atoms with Crippen LogP contribution in [-0.4, -0.2) is 28.6 Å². The zero-order valence-corrected chi connectivity index (χ0v) is 18.5. The summed E-state index contributed by atoms with van der Waals surface area (Å²) in [7, 11) is 0. The van der Waals surface area contributed by atoms with Crippen LogP contribution in [0.15, 0.2) is 78.9 Å². The van der Waals surface area contributed by atoms with Crippen molar-refractivity contribution in [3.63, 3.8) is 0 Å². The summed E-state index contributed by atoms with van der Waals surface area (Å²) in [6.45, 7) is 4.08. The van der Waals surface area contributed by atoms with Crippen molar-refractivity contribution in [1.29, 1.82) is 0 Å². The SMILES string of the molecule is Cc1ccccc1C(=O)NCCCc1nc2ccccc2n1CCCOc1ccccc1. The standard InChI is InChI=1S/C27H29N3O2/c1-21-11-5-6-14-23(21)27(31)28-18-9-17-26-29-24-15-7-8-16-25(24)30(26)19-10-20-32-22-12-3-2-4-13-22/h2-8,11-16H,9-10,17-20H2,1H3,(H,28,31). The molecule has 1 heterocycles. The number of amides is 1. The van der Waals surface area contributed by atoms with E-state index in [1.807, 2.05) is 73.7 Å². The fraction of sp³-hybridized carbons (Fsp3) is 0.259.